The highest BCUT2D eigenvalue weighted by Crippen LogP contribution is 2.37. The summed E-state index contributed by atoms with van der Waals surface area (Å²) >= 11 is 0. The molecule has 2 saturated carbocycles. The lowest BCUT2D eigenvalue weighted by Crippen LogP contribution is -2.51. The second-order valence-electron chi connectivity index (χ2n) is 21.5. The van der Waals surface area contributed by atoms with Gasteiger partial charge in [-0.25, -0.2) is 24.7 Å². The average molecular weight is 1020 g/mol. The minimum atomic E-state index is -0.554. The standard InChI is InChI=1S/C29H36N8O4.C24H28N8O2/c1-29(2,3)41-28(40)36-16-20-12-21(36)15-35(20)26(39)17-9-10-23(31-13-17)33-27-32-14-18-11-22(25(38)30-4)37(24(18)34-27)19-7-5-6-8-19;1-25-22(33)19-8-15-11-28-24(30-21(15)32(19)17-4-2-3-5-17)29-20-7-6-14(10-27-20)23(34)31-13-16-9-18(31)12-26-16/h9-11,13-14,19-21H,5-8,12,15-16H2,1-4H3,(H,30,38)(H,31,32,33,34);6-8,10-11,16-18,26H,2-5,9,12-13H2,1H3,(H,25,33)(H,27,28,29,30)/t20-,21-;16-,18-/m00/s1. The molecular formula is C53H64N16O6. The zero-order chi connectivity index (χ0) is 52.1. The second-order valence-corrected chi connectivity index (χ2v) is 21.5. The summed E-state index contributed by atoms with van der Waals surface area (Å²) in [5.74, 6) is 1.50. The first-order chi connectivity index (χ1) is 36.2. The first kappa shape index (κ1) is 49.5. The number of nitrogens with one attached hydrogen (secondary N) is 5. The highest BCUT2D eigenvalue weighted by atomic mass is 16.6. The van der Waals surface area contributed by atoms with Crippen LogP contribution in [0.4, 0.5) is 28.3 Å². The van der Waals surface area contributed by atoms with Crippen LogP contribution in [-0.2, 0) is 4.74 Å². The van der Waals surface area contributed by atoms with Gasteiger partial charge in [0.25, 0.3) is 23.6 Å². The summed E-state index contributed by atoms with van der Waals surface area (Å²) in [4.78, 5) is 96.5. The third-order valence-electron chi connectivity index (χ3n) is 15.4. The summed E-state index contributed by atoms with van der Waals surface area (Å²) < 4.78 is 9.62. The fourth-order valence-corrected chi connectivity index (χ4v) is 11.8. The molecule has 0 radical (unpaired) electrons. The maximum Gasteiger partial charge on any atom is 0.410 e. The number of hydrogen-bond donors (Lipinski definition) is 5. The molecule has 0 aromatic carbocycles. The van der Waals surface area contributed by atoms with Crippen molar-refractivity contribution in [3.8, 4) is 0 Å². The number of likely N-dealkylation sites (tertiary alicyclic amines) is 3. The normalized spacial score (nSPS) is 21.2. The molecule has 6 aromatic heterocycles. The van der Waals surface area contributed by atoms with Crippen molar-refractivity contribution in [3.63, 3.8) is 0 Å². The Kier molecular flexibility index (Phi) is 13.3. The summed E-state index contributed by atoms with van der Waals surface area (Å²) in [6, 6.07) is 11.8. The first-order valence-corrected chi connectivity index (χ1v) is 26.2. The molecule has 4 bridgehead atoms. The van der Waals surface area contributed by atoms with Crippen LogP contribution in [0.3, 0.4) is 0 Å². The summed E-state index contributed by atoms with van der Waals surface area (Å²) in [6.07, 6.45) is 16.7. The Bertz CT molecular complexity index is 3160. The molecule has 12 rings (SSSR count). The third kappa shape index (κ3) is 9.89. The fourth-order valence-electron chi connectivity index (χ4n) is 11.8. The van der Waals surface area contributed by atoms with E-state index >= 15 is 0 Å². The molecular weight excluding hydrogens is 957 g/mol. The molecule has 10 heterocycles. The lowest BCUT2D eigenvalue weighted by Gasteiger charge is -2.35. The number of nitrogens with zero attached hydrogens (tertiary/aromatic N) is 11. The maximum absolute atomic E-state index is 13.3. The van der Waals surface area contributed by atoms with Crippen molar-refractivity contribution in [3.05, 3.63) is 83.7 Å². The number of hydrogen-bond acceptors (Lipinski definition) is 15. The van der Waals surface area contributed by atoms with Crippen molar-refractivity contribution >= 4 is 75.3 Å². The summed E-state index contributed by atoms with van der Waals surface area (Å²) in [5, 5.41) is 16.8. The molecule has 5 N–H and O–H groups in total. The van der Waals surface area contributed by atoms with Gasteiger partial charge in [0.15, 0.2) is 0 Å². The van der Waals surface area contributed by atoms with Gasteiger partial charge in [-0.2, -0.15) is 9.97 Å². The van der Waals surface area contributed by atoms with Gasteiger partial charge in [-0.1, -0.05) is 25.7 Å². The SMILES string of the molecule is CNC(=O)c1cc2cnc(Nc3ccc(C(=O)N4C[C@@H]5C[C@H]4CN5)cn3)nc2n1C1CCCC1.CNC(=O)c1cc2cnc(Nc3ccc(C(=O)N4C[C@@H]5C[C@H]4CN5C(=O)OC(C)(C)C)cn3)nc2n1C1CCCC1. The number of anilines is 4. The lowest BCUT2D eigenvalue weighted by molar-refractivity contribution is 0.0126. The van der Waals surface area contributed by atoms with Gasteiger partial charge in [-0.3, -0.25) is 19.2 Å². The molecule has 6 fully saturated rings. The molecule has 75 heavy (non-hydrogen) atoms. The molecule has 2 aliphatic carbocycles. The fraction of sp³-hybridized carbons (Fsp3) is 0.491. The quantitative estimate of drug-likeness (QED) is 0.104. The van der Waals surface area contributed by atoms with E-state index in [-0.39, 0.29) is 59.9 Å². The largest absolute Gasteiger partial charge is 0.444 e. The number of carbonyl (C=O) groups is 5. The Balaban J connectivity index is 0.000000163. The number of rotatable bonds is 10. The number of fused-ring (bicyclic) bond motifs is 6. The van der Waals surface area contributed by atoms with E-state index in [1.165, 1.54) is 0 Å². The van der Waals surface area contributed by atoms with E-state index in [0.717, 1.165) is 93.7 Å². The van der Waals surface area contributed by atoms with E-state index in [9.17, 15) is 24.0 Å². The molecule has 22 nitrogen and oxygen atoms in total. The highest BCUT2D eigenvalue weighted by molar-refractivity contribution is 5.99. The average Bonchev–Trinajstić information content (AvgIpc) is 4.28. The molecule has 392 valence electrons. The molecule has 4 aliphatic heterocycles. The van der Waals surface area contributed by atoms with E-state index in [2.05, 4.69) is 51.1 Å². The van der Waals surface area contributed by atoms with E-state index < -0.39 is 5.60 Å². The van der Waals surface area contributed by atoms with Gasteiger partial charge in [0.2, 0.25) is 11.9 Å². The van der Waals surface area contributed by atoms with E-state index in [0.29, 0.717) is 70.8 Å². The molecule has 22 heteroatoms. The molecule has 4 atom stereocenters. The molecule has 0 unspecified atom stereocenters. The third-order valence-corrected chi connectivity index (χ3v) is 15.4. The Hall–Kier alpha value is -7.75. The molecule has 0 spiro atoms. The zero-order valence-corrected chi connectivity index (χ0v) is 43.0. The summed E-state index contributed by atoms with van der Waals surface area (Å²) in [6.45, 7) is 8.13. The Morgan fingerprint density at radius 3 is 1.47 bits per heavy atom. The van der Waals surface area contributed by atoms with Gasteiger partial charge >= 0.3 is 6.09 Å². The van der Waals surface area contributed by atoms with Crippen molar-refractivity contribution in [2.75, 3.05) is 50.9 Å². The Labute approximate surface area is 433 Å². The van der Waals surface area contributed by atoms with Crippen LogP contribution in [0.2, 0.25) is 0 Å². The number of pyridine rings is 2. The lowest BCUT2D eigenvalue weighted by atomic mass is 10.2. The smallest absolute Gasteiger partial charge is 0.410 e. The number of aromatic nitrogens is 8. The zero-order valence-electron chi connectivity index (χ0n) is 43.0. The van der Waals surface area contributed by atoms with E-state index in [4.69, 9.17) is 14.7 Å². The molecule has 4 saturated heterocycles. The first-order valence-electron chi connectivity index (χ1n) is 26.2. The number of carbonyl (C=O) groups excluding carboxylic acids is 5. The molecule has 6 aromatic rings. The predicted octanol–water partition coefficient (Wildman–Crippen LogP) is 6.11. The number of amides is 5. The van der Waals surface area contributed by atoms with Gasteiger partial charge in [0, 0.05) is 100 Å². The minimum Gasteiger partial charge on any atom is -0.444 e. The topological polar surface area (TPSA) is 252 Å². The minimum absolute atomic E-state index is 0.0295. The van der Waals surface area contributed by atoms with Crippen LogP contribution in [-0.4, -0.2) is 154 Å². The van der Waals surface area contributed by atoms with Crippen LogP contribution < -0.4 is 26.6 Å². The van der Waals surface area contributed by atoms with Crippen molar-refractivity contribution in [2.45, 2.75) is 127 Å². The maximum atomic E-state index is 13.3. The monoisotopic (exact) mass is 1020 g/mol. The van der Waals surface area contributed by atoms with Gasteiger partial charge in [0.05, 0.1) is 23.2 Å². The summed E-state index contributed by atoms with van der Waals surface area (Å²) in [5.41, 5.74) is 3.17. The van der Waals surface area contributed by atoms with Crippen molar-refractivity contribution in [1.82, 2.24) is 69.7 Å². The predicted molar refractivity (Wildman–Crippen MR) is 279 cm³/mol. The van der Waals surface area contributed by atoms with Crippen molar-refractivity contribution in [2.24, 2.45) is 0 Å². The van der Waals surface area contributed by atoms with Crippen LogP contribution in [0.1, 0.15) is 139 Å². The number of ether oxygens (including phenoxy) is 1. The van der Waals surface area contributed by atoms with Crippen LogP contribution in [0, 0.1) is 0 Å². The highest BCUT2D eigenvalue weighted by Gasteiger charge is 2.48. The Morgan fingerprint density at radius 2 is 1.07 bits per heavy atom. The van der Waals surface area contributed by atoms with Gasteiger partial charge in [0.1, 0.15) is 39.9 Å². The van der Waals surface area contributed by atoms with Gasteiger partial charge in [-0.05, 0) is 95.7 Å². The van der Waals surface area contributed by atoms with Crippen LogP contribution in [0.15, 0.2) is 61.2 Å². The van der Waals surface area contributed by atoms with Crippen LogP contribution in [0.25, 0.3) is 22.1 Å². The molecule has 5 amide bonds. The van der Waals surface area contributed by atoms with Gasteiger partial charge in [-0.15, -0.1) is 0 Å². The van der Waals surface area contributed by atoms with E-state index in [1.54, 1.807) is 68.0 Å². The summed E-state index contributed by atoms with van der Waals surface area (Å²) in [7, 11) is 3.27. The number of piperazine rings is 2. The molecule has 6 aliphatic rings. The van der Waals surface area contributed by atoms with Crippen molar-refractivity contribution < 1.29 is 28.7 Å². The van der Waals surface area contributed by atoms with Crippen LogP contribution in [0.5, 0.6) is 0 Å². The van der Waals surface area contributed by atoms with Crippen LogP contribution >= 0.6 is 0 Å². The van der Waals surface area contributed by atoms with Crippen molar-refractivity contribution in [1.29, 1.82) is 0 Å². The Morgan fingerprint density at radius 1 is 0.587 bits per heavy atom. The van der Waals surface area contributed by atoms with Gasteiger partial charge < -0.3 is 55.2 Å². The second kappa shape index (κ2) is 20.2. The van der Waals surface area contributed by atoms with E-state index in [1.807, 2.05) is 47.3 Å².